The van der Waals surface area contributed by atoms with Gasteiger partial charge in [-0.1, -0.05) is 29.5 Å². The molecule has 1 amide bonds. The lowest BCUT2D eigenvalue weighted by molar-refractivity contribution is 0.157. The number of rotatable bonds is 2. The molecule has 0 aliphatic carbocycles. The zero-order chi connectivity index (χ0) is 6.57. The van der Waals surface area contributed by atoms with Crippen LogP contribution in [0.1, 0.15) is 6.92 Å². The zero-order valence-electron chi connectivity index (χ0n) is 4.48. The number of carbonyl (C=O) groups excluding carboxylic acids is 1. The first-order valence-corrected chi connectivity index (χ1v) is 3.40. The summed E-state index contributed by atoms with van der Waals surface area (Å²) in [6, 6.07) is 0. The van der Waals surface area contributed by atoms with Crippen molar-refractivity contribution in [2.75, 3.05) is 6.61 Å². The van der Waals surface area contributed by atoms with E-state index in [2.05, 4.69) is 27.3 Å². The second kappa shape index (κ2) is 3.94. The van der Waals surface area contributed by atoms with Crippen LogP contribution in [0.4, 0.5) is 4.79 Å². The molecular formula is C4H7INO2. The number of ether oxygens (including phenoxy) is 1. The second-order valence-corrected chi connectivity index (χ2v) is 3.51. The van der Waals surface area contributed by atoms with Crippen molar-refractivity contribution in [2.45, 2.75) is 10.8 Å². The van der Waals surface area contributed by atoms with Crippen molar-refractivity contribution in [3.05, 3.63) is 0 Å². The number of hydrogen-bond donors (Lipinski definition) is 0. The summed E-state index contributed by atoms with van der Waals surface area (Å²) in [5, 5.41) is 0. The Morgan fingerprint density at radius 2 is 2.50 bits per heavy atom. The predicted molar refractivity (Wildman–Crippen MR) is 37.9 cm³/mol. The Morgan fingerprint density at radius 3 is 2.62 bits per heavy atom. The maximum atomic E-state index is 9.79. The van der Waals surface area contributed by atoms with Crippen LogP contribution in [0.3, 0.4) is 0 Å². The van der Waals surface area contributed by atoms with Gasteiger partial charge < -0.3 is 4.74 Å². The first kappa shape index (κ1) is 8.00. The topological polar surface area (TPSA) is 50.1 Å². The number of hydrogen-bond acceptors (Lipinski definition) is 2. The Labute approximate surface area is 61.7 Å². The van der Waals surface area contributed by atoms with Crippen molar-refractivity contribution >= 4 is 28.7 Å². The number of nitrogens with one attached hydrogen (secondary N) is 1. The van der Waals surface area contributed by atoms with Gasteiger partial charge in [-0.05, 0) is 0 Å². The molecule has 0 rings (SSSR count). The highest BCUT2D eigenvalue weighted by Gasteiger charge is 1.97. The van der Waals surface area contributed by atoms with Gasteiger partial charge in [0.1, 0.15) is 6.61 Å². The van der Waals surface area contributed by atoms with Crippen LogP contribution in [0, 0.1) is 0 Å². The van der Waals surface area contributed by atoms with Gasteiger partial charge in [0.05, 0.1) is 0 Å². The van der Waals surface area contributed by atoms with Crippen LogP contribution < -0.4 is 5.73 Å². The van der Waals surface area contributed by atoms with E-state index >= 15 is 0 Å². The molecule has 0 saturated carbocycles. The van der Waals surface area contributed by atoms with Gasteiger partial charge in [0.25, 0.3) is 0 Å². The summed E-state index contributed by atoms with van der Waals surface area (Å²) in [5.74, 6) is 0. The molecule has 1 N–H and O–H groups in total. The molecule has 0 spiro atoms. The SMILES string of the molecule is CC(I)COC([NH])=O. The molecule has 4 heteroatoms. The molecule has 1 atom stereocenters. The minimum absolute atomic E-state index is 0.293. The maximum absolute atomic E-state index is 9.79. The van der Waals surface area contributed by atoms with Gasteiger partial charge in [-0.2, -0.15) is 0 Å². The second-order valence-electron chi connectivity index (χ2n) is 1.38. The van der Waals surface area contributed by atoms with Crippen molar-refractivity contribution < 1.29 is 9.53 Å². The summed E-state index contributed by atoms with van der Waals surface area (Å²) in [7, 11) is 0. The minimum Gasteiger partial charge on any atom is -0.447 e. The van der Waals surface area contributed by atoms with Crippen LogP contribution in [0.15, 0.2) is 0 Å². The lowest BCUT2D eigenvalue weighted by atomic mass is 10.5. The van der Waals surface area contributed by atoms with E-state index in [4.69, 9.17) is 5.73 Å². The molecule has 8 heavy (non-hydrogen) atoms. The van der Waals surface area contributed by atoms with E-state index in [1.807, 2.05) is 6.92 Å². The van der Waals surface area contributed by atoms with E-state index in [0.29, 0.717) is 10.5 Å². The van der Waals surface area contributed by atoms with Gasteiger partial charge in [0.15, 0.2) is 0 Å². The summed E-state index contributed by atoms with van der Waals surface area (Å²) >= 11 is 2.12. The molecule has 0 heterocycles. The van der Waals surface area contributed by atoms with Crippen LogP contribution in [-0.2, 0) is 4.74 Å². The molecule has 0 bridgehead atoms. The minimum atomic E-state index is -0.950. The van der Waals surface area contributed by atoms with Crippen LogP contribution in [0.25, 0.3) is 0 Å². The van der Waals surface area contributed by atoms with Gasteiger partial charge in [0.2, 0.25) is 0 Å². The molecule has 1 radical (unpaired) electrons. The Balaban J connectivity index is 3.05. The molecule has 0 aliphatic heterocycles. The van der Waals surface area contributed by atoms with E-state index in [1.165, 1.54) is 0 Å². The molecule has 0 saturated heterocycles. The van der Waals surface area contributed by atoms with Crippen LogP contribution in [0.2, 0.25) is 0 Å². The summed E-state index contributed by atoms with van der Waals surface area (Å²) in [5.41, 5.74) is 6.31. The van der Waals surface area contributed by atoms with Crippen molar-refractivity contribution in [1.29, 1.82) is 0 Å². The van der Waals surface area contributed by atoms with Crippen molar-refractivity contribution in [3.63, 3.8) is 0 Å². The molecular weight excluding hydrogens is 221 g/mol. The molecule has 47 valence electrons. The third-order valence-corrected chi connectivity index (χ3v) is 0.804. The average Bonchev–Trinajstić information content (AvgIpc) is 1.61. The Morgan fingerprint density at radius 1 is 2.00 bits per heavy atom. The third kappa shape index (κ3) is 6.00. The Hall–Kier alpha value is 0. The molecule has 0 aromatic rings. The smallest absolute Gasteiger partial charge is 0.426 e. The lowest BCUT2D eigenvalue weighted by Gasteiger charge is -1.99. The van der Waals surface area contributed by atoms with E-state index in [9.17, 15) is 4.79 Å². The third-order valence-electron chi connectivity index (χ3n) is 0.444. The van der Waals surface area contributed by atoms with E-state index in [-0.39, 0.29) is 0 Å². The van der Waals surface area contributed by atoms with Gasteiger partial charge >= 0.3 is 6.09 Å². The molecule has 0 fully saturated rings. The number of halogens is 1. The highest BCUT2D eigenvalue weighted by molar-refractivity contribution is 14.1. The van der Waals surface area contributed by atoms with Crippen LogP contribution >= 0.6 is 22.6 Å². The van der Waals surface area contributed by atoms with Crippen LogP contribution in [0.5, 0.6) is 0 Å². The number of amides is 1. The first-order valence-electron chi connectivity index (χ1n) is 2.15. The van der Waals surface area contributed by atoms with Crippen molar-refractivity contribution in [1.82, 2.24) is 5.73 Å². The fourth-order valence-corrected chi connectivity index (χ4v) is 0.370. The van der Waals surface area contributed by atoms with Crippen molar-refractivity contribution in [2.24, 2.45) is 0 Å². The normalized spacial score (nSPS) is 12.8. The molecule has 3 nitrogen and oxygen atoms in total. The lowest BCUT2D eigenvalue weighted by Crippen LogP contribution is -2.09. The van der Waals surface area contributed by atoms with Gasteiger partial charge in [-0.15, -0.1) is 0 Å². The fourth-order valence-electron chi connectivity index (χ4n) is 0.191. The quantitative estimate of drug-likeness (QED) is 0.527. The zero-order valence-corrected chi connectivity index (χ0v) is 6.64. The van der Waals surface area contributed by atoms with Gasteiger partial charge in [-0.3, -0.25) is 0 Å². The molecule has 0 aliphatic rings. The predicted octanol–water partition coefficient (Wildman–Crippen LogP) is 1.23. The monoisotopic (exact) mass is 228 g/mol. The summed E-state index contributed by atoms with van der Waals surface area (Å²) in [4.78, 5) is 9.79. The number of carbonyl (C=O) groups is 1. The van der Waals surface area contributed by atoms with Crippen molar-refractivity contribution in [3.8, 4) is 0 Å². The maximum Gasteiger partial charge on any atom is 0.426 e. The molecule has 0 aromatic heterocycles. The first-order chi connectivity index (χ1) is 3.63. The Bertz CT molecular complexity index is 84.1. The fraction of sp³-hybridized carbons (Fsp3) is 0.750. The standard InChI is InChI=1S/C4H7INO2/c1-3(5)2-8-4(6)7/h3,6H,2H2,1H3. The van der Waals surface area contributed by atoms with Gasteiger partial charge in [-0.25, -0.2) is 10.5 Å². The van der Waals surface area contributed by atoms with Gasteiger partial charge in [0, 0.05) is 3.92 Å². The van der Waals surface area contributed by atoms with Crippen LogP contribution in [-0.4, -0.2) is 16.6 Å². The highest BCUT2D eigenvalue weighted by Crippen LogP contribution is 1.97. The Kier molecular flexibility index (Phi) is 3.94. The largest absolute Gasteiger partial charge is 0.447 e. The summed E-state index contributed by atoms with van der Waals surface area (Å²) in [6.07, 6.45) is -0.950. The summed E-state index contributed by atoms with van der Waals surface area (Å²) in [6.45, 7) is 2.24. The van der Waals surface area contributed by atoms with E-state index in [0.717, 1.165) is 0 Å². The number of alkyl halides is 1. The summed E-state index contributed by atoms with van der Waals surface area (Å²) < 4.78 is 4.62. The molecule has 1 unspecified atom stereocenters. The highest BCUT2D eigenvalue weighted by atomic mass is 127. The van der Waals surface area contributed by atoms with E-state index in [1.54, 1.807) is 0 Å². The molecule has 0 aromatic carbocycles. The average molecular weight is 228 g/mol. The van der Waals surface area contributed by atoms with E-state index < -0.39 is 6.09 Å².